The fourth-order valence-electron chi connectivity index (χ4n) is 4.79. The Morgan fingerprint density at radius 1 is 1.41 bits per heavy atom. The zero-order valence-electron chi connectivity index (χ0n) is 15.8. The largest absolute Gasteiger partial charge is 0.350 e. The molecule has 6 nitrogen and oxygen atoms in total. The molecule has 29 heavy (non-hydrogen) atoms. The lowest BCUT2D eigenvalue weighted by Crippen LogP contribution is -2.58. The van der Waals surface area contributed by atoms with Crippen LogP contribution in [0.3, 0.4) is 0 Å². The quantitative estimate of drug-likeness (QED) is 0.797. The fraction of sp³-hybridized carbons (Fsp3) is 0.550. The Morgan fingerprint density at radius 3 is 2.86 bits per heavy atom. The summed E-state index contributed by atoms with van der Waals surface area (Å²) < 4.78 is 42.2. The Morgan fingerprint density at radius 2 is 2.17 bits per heavy atom. The van der Waals surface area contributed by atoms with E-state index in [1.54, 1.807) is 6.92 Å². The summed E-state index contributed by atoms with van der Waals surface area (Å²) in [5, 5.41) is 14.5. The molecule has 1 aliphatic carbocycles. The molecule has 6 atom stereocenters. The number of amides is 2. The van der Waals surface area contributed by atoms with E-state index in [1.807, 2.05) is 6.07 Å². The number of likely N-dealkylation sites (tertiary alicyclic amines) is 1. The summed E-state index contributed by atoms with van der Waals surface area (Å²) >= 11 is 0. The SMILES string of the molecule is C[C@@H](NC(=O)CN1C(=O)[C@H]2C[C@@H]1c1c2ccc(F)c1F)C1NCC(C#N)CC1F. The molecule has 2 aliphatic heterocycles. The first-order valence-corrected chi connectivity index (χ1v) is 9.66. The zero-order valence-corrected chi connectivity index (χ0v) is 15.8. The minimum absolute atomic E-state index is 0.102. The van der Waals surface area contributed by atoms with Gasteiger partial charge in [-0.15, -0.1) is 0 Å². The summed E-state index contributed by atoms with van der Waals surface area (Å²) in [6.45, 7) is 1.69. The van der Waals surface area contributed by atoms with Gasteiger partial charge < -0.3 is 15.5 Å². The first-order chi connectivity index (χ1) is 13.8. The molecule has 3 aliphatic rings. The van der Waals surface area contributed by atoms with Crippen molar-refractivity contribution in [1.82, 2.24) is 15.5 Å². The van der Waals surface area contributed by atoms with E-state index in [1.165, 1.54) is 11.0 Å². The van der Waals surface area contributed by atoms with Gasteiger partial charge in [-0.3, -0.25) is 9.59 Å². The van der Waals surface area contributed by atoms with Gasteiger partial charge in [0.25, 0.3) is 0 Å². The van der Waals surface area contributed by atoms with E-state index in [0.29, 0.717) is 18.5 Å². The van der Waals surface area contributed by atoms with Crippen molar-refractivity contribution in [3.05, 3.63) is 34.9 Å². The van der Waals surface area contributed by atoms with E-state index in [-0.39, 0.29) is 24.4 Å². The van der Waals surface area contributed by atoms with Crippen LogP contribution in [-0.2, 0) is 9.59 Å². The van der Waals surface area contributed by atoms with E-state index < -0.39 is 53.7 Å². The maximum Gasteiger partial charge on any atom is 0.239 e. The number of hydrogen-bond donors (Lipinski definition) is 2. The first kappa shape index (κ1) is 19.7. The maximum absolute atomic E-state index is 14.3. The van der Waals surface area contributed by atoms with Crippen molar-refractivity contribution in [3.63, 3.8) is 0 Å². The fourth-order valence-corrected chi connectivity index (χ4v) is 4.79. The van der Waals surface area contributed by atoms with Crippen LogP contribution in [0.25, 0.3) is 0 Å². The highest BCUT2D eigenvalue weighted by molar-refractivity contribution is 5.93. The van der Waals surface area contributed by atoms with Gasteiger partial charge >= 0.3 is 0 Å². The zero-order chi connectivity index (χ0) is 20.9. The van der Waals surface area contributed by atoms with E-state index >= 15 is 0 Å². The molecular formula is C20H21F3N4O2. The normalized spacial score (nSPS) is 31.3. The molecule has 2 fully saturated rings. The van der Waals surface area contributed by atoms with E-state index in [9.17, 15) is 22.8 Å². The summed E-state index contributed by atoms with van der Waals surface area (Å²) in [5.74, 6) is -3.69. The minimum Gasteiger partial charge on any atom is -0.350 e. The molecule has 2 amide bonds. The average molecular weight is 406 g/mol. The lowest BCUT2D eigenvalue weighted by molar-refractivity contribution is -0.136. The Hall–Kier alpha value is -2.60. The van der Waals surface area contributed by atoms with E-state index in [2.05, 4.69) is 10.6 Å². The molecule has 2 saturated heterocycles. The van der Waals surface area contributed by atoms with Crippen molar-refractivity contribution < 1.29 is 22.8 Å². The number of fused-ring (bicyclic) bond motifs is 5. The second-order valence-corrected chi connectivity index (χ2v) is 8.00. The Labute approximate surface area is 166 Å². The summed E-state index contributed by atoms with van der Waals surface area (Å²) in [4.78, 5) is 26.4. The highest BCUT2D eigenvalue weighted by Crippen LogP contribution is 2.51. The molecule has 2 bridgehead atoms. The summed E-state index contributed by atoms with van der Waals surface area (Å²) in [7, 11) is 0. The van der Waals surface area contributed by atoms with Gasteiger partial charge in [-0.1, -0.05) is 6.07 Å². The molecule has 9 heteroatoms. The highest BCUT2D eigenvalue weighted by Gasteiger charge is 2.51. The van der Waals surface area contributed by atoms with Gasteiger partial charge in [-0.2, -0.15) is 5.26 Å². The lowest BCUT2D eigenvalue weighted by Gasteiger charge is -2.35. The van der Waals surface area contributed by atoms with Crippen molar-refractivity contribution >= 4 is 11.8 Å². The molecule has 0 aromatic heterocycles. The van der Waals surface area contributed by atoms with E-state index in [4.69, 9.17) is 5.26 Å². The number of nitrogens with zero attached hydrogens (tertiary/aromatic N) is 2. The van der Waals surface area contributed by atoms with Gasteiger partial charge in [0.2, 0.25) is 11.8 Å². The van der Waals surface area contributed by atoms with Crippen LogP contribution in [-0.4, -0.2) is 48.1 Å². The van der Waals surface area contributed by atoms with Crippen LogP contribution in [0.4, 0.5) is 13.2 Å². The molecule has 154 valence electrons. The van der Waals surface area contributed by atoms with Crippen LogP contribution >= 0.6 is 0 Å². The predicted octanol–water partition coefficient (Wildman–Crippen LogP) is 1.68. The summed E-state index contributed by atoms with van der Waals surface area (Å²) in [6, 6.07) is 2.61. The topological polar surface area (TPSA) is 85.2 Å². The number of hydrogen-bond acceptors (Lipinski definition) is 4. The predicted molar refractivity (Wildman–Crippen MR) is 96.2 cm³/mol. The second kappa shape index (κ2) is 7.34. The smallest absolute Gasteiger partial charge is 0.239 e. The average Bonchev–Trinajstić information content (AvgIpc) is 3.21. The van der Waals surface area contributed by atoms with Crippen molar-refractivity contribution in [3.8, 4) is 6.07 Å². The molecule has 1 aromatic carbocycles. The summed E-state index contributed by atoms with van der Waals surface area (Å²) in [5.41, 5.74) is 0.637. The molecule has 0 spiro atoms. The van der Waals surface area contributed by atoms with Crippen LogP contribution in [0, 0.1) is 28.9 Å². The van der Waals surface area contributed by atoms with Gasteiger partial charge in [0.05, 0.1) is 30.0 Å². The molecule has 2 heterocycles. The van der Waals surface area contributed by atoms with Crippen LogP contribution < -0.4 is 10.6 Å². The van der Waals surface area contributed by atoms with Crippen molar-refractivity contribution in [2.45, 2.75) is 50.0 Å². The van der Waals surface area contributed by atoms with Gasteiger partial charge in [0.15, 0.2) is 11.6 Å². The minimum atomic E-state index is -1.28. The monoisotopic (exact) mass is 406 g/mol. The number of piperidine rings is 1. The van der Waals surface area contributed by atoms with Gasteiger partial charge in [-0.05, 0) is 31.4 Å². The number of benzene rings is 1. The highest BCUT2D eigenvalue weighted by atomic mass is 19.2. The molecule has 1 aromatic rings. The number of rotatable bonds is 4. The molecule has 0 radical (unpaired) electrons. The van der Waals surface area contributed by atoms with E-state index in [0.717, 1.165) is 6.07 Å². The Kier molecular flexibility index (Phi) is 4.99. The number of carbonyl (C=O) groups is 2. The van der Waals surface area contributed by atoms with Crippen LogP contribution in [0.5, 0.6) is 0 Å². The number of nitriles is 1. The van der Waals surface area contributed by atoms with Crippen molar-refractivity contribution in [2.75, 3.05) is 13.1 Å². The third kappa shape index (κ3) is 3.25. The van der Waals surface area contributed by atoms with Crippen LogP contribution in [0.15, 0.2) is 12.1 Å². The molecule has 0 saturated carbocycles. The van der Waals surface area contributed by atoms with Gasteiger partial charge in [0.1, 0.15) is 12.7 Å². The first-order valence-electron chi connectivity index (χ1n) is 9.66. The number of alkyl halides is 1. The third-order valence-corrected chi connectivity index (χ3v) is 6.21. The number of halogens is 3. The lowest BCUT2D eigenvalue weighted by atomic mass is 9.90. The van der Waals surface area contributed by atoms with Crippen molar-refractivity contribution in [1.29, 1.82) is 5.26 Å². The standard InChI is InChI=1S/C20H21F3N4O2/c1-9(19-14(22)4-10(6-24)7-25-19)26-16(28)8-27-15-5-12(20(27)29)11-2-3-13(21)18(23)17(11)15/h2-3,9-10,12,14-15,19,25H,4-5,7-8H2,1H3,(H,26,28)/t9-,10?,12+,14?,15-,19?/m1/s1. The van der Waals surface area contributed by atoms with Crippen molar-refractivity contribution in [2.24, 2.45) is 5.92 Å². The molecule has 4 rings (SSSR count). The molecule has 3 unspecified atom stereocenters. The molecule has 2 N–H and O–H groups in total. The number of nitrogens with one attached hydrogen (secondary N) is 2. The molecular weight excluding hydrogens is 385 g/mol. The van der Waals surface area contributed by atoms with Crippen LogP contribution in [0.2, 0.25) is 0 Å². The van der Waals surface area contributed by atoms with Crippen LogP contribution in [0.1, 0.15) is 42.9 Å². The van der Waals surface area contributed by atoms with Gasteiger partial charge in [0, 0.05) is 18.2 Å². The second-order valence-electron chi connectivity index (χ2n) is 8.00. The number of carbonyl (C=O) groups excluding carboxylic acids is 2. The summed E-state index contributed by atoms with van der Waals surface area (Å²) in [6.07, 6.45) is -0.856. The Balaban J connectivity index is 1.41. The maximum atomic E-state index is 14.3. The third-order valence-electron chi connectivity index (χ3n) is 6.21. The Bertz CT molecular complexity index is 902. The van der Waals surface area contributed by atoms with Gasteiger partial charge in [-0.25, -0.2) is 13.2 Å².